The van der Waals surface area contributed by atoms with Gasteiger partial charge in [-0.25, -0.2) is 0 Å². The Balaban J connectivity index is 2.18. The lowest BCUT2D eigenvalue weighted by Crippen LogP contribution is -2.36. The first-order chi connectivity index (χ1) is 7.79. The molecule has 0 spiro atoms. The predicted octanol–water partition coefficient (Wildman–Crippen LogP) is 1.62. The number of ether oxygens (including phenoxy) is 2. The summed E-state index contributed by atoms with van der Waals surface area (Å²) in [5.74, 6) is 0.950. The number of rotatable bonds is 4. The van der Waals surface area contributed by atoms with Gasteiger partial charge in [-0.05, 0) is 24.6 Å². The van der Waals surface area contributed by atoms with Crippen LogP contribution in [0.2, 0.25) is 0 Å². The first-order valence-corrected chi connectivity index (χ1v) is 5.67. The summed E-state index contributed by atoms with van der Waals surface area (Å²) in [6.45, 7) is 1.95. The molecule has 0 radical (unpaired) electrons. The van der Waals surface area contributed by atoms with Crippen LogP contribution in [0.25, 0.3) is 0 Å². The summed E-state index contributed by atoms with van der Waals surface area (Å²) in [6, 6.07) is 8.15. The maximum Gasteiger partial charge on any atom is 0.122 e. The third-order valence-corrected chi connectivity index (χ3v) is 3.34. The number of hydrogen-bond acceptors (Lipinski definition) is 3. The van der Waals surface area contributed by atoms with Gasteiger partial charge in [-0.3, -0.25) is 0 Å². The molecule has 1 aromatic rings. The van der Waals surface area contributed by atoms with E-state index in [0.717, 1.165) is 31.7 Å². The number of benzene rings is 1. The van der Waals surface area contributed by atoms with Gasteiger partial charge in [0, 0.05) is 20.1 Å². The normalized spacial score (nSPS) is 24.6. The van der Waals surface area contributed by atoms with Crippen LogP contribution >= 0.6 is 0 Å². The summed E-state index contributed by atoms with van der Waals surface area (Å²) in [5.41, 5.74) is 1.16. The average Bonchev–Trinajstić information content (AvgIpc) is 2.79. The van der Waals surface area contributed by atoms with E-state index >= 15 is 0 Å². The molecule has 1 aliphatic rings. The van der Waals surface area contributed by atoms with Crippen molar-refractivity contribution in [3.63, 3.8) is 0 Å². The molecule has 1 N–H and O–H groups in total. The Hall–Kier alpha value is -1.06. The Morgan fingerprint density at radius 1 is 1.31 bits per heavy atom. The fourth-order valence-electron chi connectivity index (χ4n) is 2.31. The van der Waals surface area contributed by atoms with E-state index in [2.05, 4.69) is 11.4 Å². The van der Waals surface area contributed by atoms with E-state index in [0.29, 0.717) is 0 Å². The maximum atomic E-state index is 5.68. The van der Waals surface area contributed by atoms with Crippen molar-refractivity contribution >= 4 is 0 Å². The number of para-hydroxylation sites is 1. The van der Waals surface area contributed by atoms with Crippen molar-refractivity contribution in [2.75, 3.05) is 27.3 Å². The Kier molecular flexibility index (Phi) is 3.46. The van der Waals surface area contributed by atoms with Crippen LogP contribution in [0.4, 0.5) is 0 Å². The molecule has 1 fully saturated rings. The van der Waals surface area contributed by atoms with Gasteiger partial charge in [-0.2, -0.15) is 0 Å². The summed E-state index contributed by atoms with van der Waals surface area (Å²) < 4.78 is 11.1. The molecule has 1 heterocycles. The molecule has 16 heavy (non-hydrogen) atoms. The molecule has 0 aromatic heterocycles. The minimum absolute atomic E-state index is 0.0609. The van der Waals surface area contributed by atoms with Gasteiger partial charge in [0.25, 0.3) is 0 Å². The fraction of sp³-hybridized carbons (Fsp3) is 0.538. The molecule has 1 saturated heterocycles. The Morgan fingerprint density at radius 2 is 2.12 bits per heavy atom. The van der Waals surface area contributed by atoms with Gasteiger partial charge in [0.1, 0.15) is 5.75 Å². The number of methoxy groups -OCH3 is 2. The smallest absolute Gasteiger partial charge is 0.122 e. The van der Waals surface area contributed by atoms with Gasteiger partial charge >= 0.3 is 0 Å². The molecule has 3 nitrogen and oxygen atoms in total. The Labute approximate surface area is 96.8 Å². The van der Waals surface area contributed by atoms with Crippen LogP contribution in [0.5, 0.6) is 5.75 Å². The van der Waals surface area contributed by atoms with Crippen LogP contribution in [0.3, 0.4) is 0 Å². The molecule has 3 heteroatoms. The van der Waals surface area contributed by atoms with Crippen LogP contribution < -0.4 is 10.1 Å². The minimum Gasteiger partial charge on any atom is -0.496 e. The zero-order valence-corrected chi connectivity index (χ0v) is 9.95. The van der Waals surface area contributed by atoms with Gasteiger partial charge < -0.3 is 14.8 Å². The Morgan fingerprint density at radius 3 is 2.75 bits per heavy atom. The highest BCUT2D eigenvalue weighted by molar-refractivity contribution is 5.34. The lowest BCUT2D eigenvalue weighted by atomic mass is 9.93. The van der Waals surface area contributed by atoms with Crippen LogP contribution in [0.1, 0.15) is 12.0 Å². The fourth-order valence-corrected chi connectivity index (χ4v) is 2.31. The second-order valence-electron chi connectivity index (χ2n) is 4.30. The molecule has 0 amide bonds. The van der Waals surface area contributed by atoms with Crippen LogP contribution in [0.15, 0.2) is 24.3 Å². The molecule has 1 aliphatic heterocycles. The largest absolute Gasteiger partial charge is 0.496 e. The zero-order chi connectivity index (χ0) is 11.4. The van der Waals surface area contributed by atoms with Crippen molar-refractivity contribution in [3.05, 3.63) is 29.8 Å². The van der Waals surface area contributed by atoms with Gasteiger partial charge in [0.2, 0.25) is 0 Å². The van der Waals surface area contributed by atoms with Crippen LogP contribution in [-0.4, -0.2) is 32.9 Å². The minimum atomic E-state index is -0.0609. The molecule has 1 aromatic carbocycles. The second-order valence-corrected chi connectivity index (χ2v) is 4.30. The van der Waals surface area contributed by atoms with Gasteiger partial charge in [0.15, 0.2) is 0 Å². The third kappa shape index (κ3) is 2.20. The predicted molar refractivity (Wildman–Crippen MR) is 63.9 cm³/mol. The average molecular weight is 221 g/mol. The summed E-state index contributed by atoms with van der Waals surface area (Å²) in [7, 11) is 3.51. The highest BCUT2D eigenvalue weighted by atomic mass is 16.5. The van der Waals surface area contributed by atoms with E-state index < -0.39 is 0 Å². The molecule has 2 rings (SSSR count). The zero-order valence-electron chi connectivity index (χ0n) is 9.95. The summed E-state index contributed by atoms with van der Waals surface area (Å²) in [4.78, 5) is 0. The van der Waals surface area contributed by atoms with Crippen LogP contribution in [-0.2, 0) is 11.2 Å². The summed E-state index contributed by atoms with van der Waals surface area (Å²) >= 11 is 0. The molecule has 1 unspecified atom stereocenters. The summed E-state index contributed by atoms with van der Waals surface area (Å²) in [6.07, 6.45) is 1.96. The molecule has 0 bridgehead atoms. The SMILES string of the molecule is COc1ccccc1CC1(OC)CCNC1. The molecular formula is C13H19NO2. The first-order valence-electron chi connectivity index (χ1n) is 5.67. The standard InChI is InChI=1S/C13H19NO2/c1-15-12-6-4-3-5-11(12)9-13(16-2)7-8-14-10-13/h3-6,14H,7-10H2,1-2H3. The number of hydrogen-bond donors (Lipinski definition) is 1. The molecule has 88 valence electrons. The van der Waals surface area contributed by atoms with Gasteiger partial charge in [-0.15, -0.1) is 0 Å². The monoisotopic (exact) mass is 221 g/mol. The van der Waals surface area contributed by atoms with E-state index in [1.165, 1.54) is 5.56 Å². The molecular weight excluding hydrogens is 202 g/mol. The molecule has 0 saturated carbocycles. The Bertz CT molecular complexity index is 346. The van der Waals surface area contributed by atoms with Crippen LogP contribution in [0, 0.1) is 0 Å². The highest BCUT2D eigenvalue weighted by Crippen LogP contribution is 2.28. The topological polar surface area (TPSA) is 30.5 Å². The van der Waals surface area contributed by atoms with E-state index in [1.54, 1.807) is 14.2 Å². The van der Waals surface area contributed by atoms with E-state index in [1.807, 2.05) is 18.2 Å². The van der Waals surface area contributed by atoms with Crippen molar-refractivity contribution in [2.45, 2.75) is 18.4 Å². The van der Waals surface area contributed by atoms with E-state index in [4.69, 9.17) is 9.47 Å². The van der Waals surface area contributed by atoms with E-state index in [-0.39, 0.29) is 5.60 Å². The third-order valence-electron chi connectivity index (χ3n) is 3.34. The van der Waals surface area contributed by atoms with Crippen molar-refractivity contribution < 1.29 is 9.47 Å². The van der Waals surface area contributed by atoms with Crippen molar-refractivity contribution in [2.24, 2.45) is 0 Å². The quantitative estimate of drug-likeness (QED) is 0.838. The second kappa shape index (κ2) is 4.85. The number of nitrogens with one attached hydrogen (secondary N) is 1. The lowest BCUT2D eigenvalue weighted by Gasteiger charge is -2.27. The van der Waals surface area contributed by atoms with Crippen molar-refractivity contribution in [1.29, 1.82) is 0 Å². The summed E-state index contributed by atoms with van der Waals surface area (Å²) in [5, 5.41) is 3.36. The van der Waals surface area contributed by atoms with Gasteiger partial charge in [-0.1, -0.05) is 18.2 Å². The first kappa shape index (κ1) is 11.4. The lowest BCUT2D eigenvalue weighted by molar-refractivity contribution is 0.00735. The highest BCUT2D eigenvalue weighted by Gasteiger charge is 2.34. The van der Waals surface area contributed by atoms with E-state index in [9.17, 15) is 0 Å². The van der Waals surface area contributed by atoms with Crippen molar-refractivity contribution in [3.8, 4) is 5.75 Å². The van der Waals surface area contributed by atoms with Crippen molar-refractivity contribution in [1.82, 2.24) is 5.32 Å². The maximum absolute atomic E-state index is 5.68. The van der Waals surface area contributed by atoms with Gasteiger partial charge in [0.05, 0.1) is 12.7 Å². The molecule has 1 atom stereocenters. The molecule has 0 aliphatic carbocycles.